The van der Waals surface area contributed by atoms with E-state index >= 15 is 0 Å². The van der Waals surface area contributed by atoms with Crippen molar-refractivity contribution in [2.75, 3.05) is 13.7 Å². The molecular formula is C47H43ClO13. The number of hydrogen-bond donors (Lipinski definition) is 0. The van der Waals surface area contributed by atoms with Crippen LogP contribution < -0.4 is 9.47 Å². The molecule has 0 radical (unpaired) electrons. The molecule has 13 nitrogen and oxygen atoms in total. The second-order valence-electron chi connectivity index (χ2n) is 14.1. The average Bonchev–Trinajstić information content (AvgIpc) is 3.26. The number of rotatable bonds is 15. The van der Waals surface area contributed by atoms with Gasteiger partial charge in [0.2, 0.25) is 12.4 Å². The summed E-state index contributed by atoms with van der Waals surface area (Å²) in [5.41, 5.74) is 0.192. The first-order valence-electron chi connectivity index (χ1n) is 19.2. The second-order valence-corrected chi connectivity index (χ2v) is 14.5. The number of benzene rings is 5. The van der Waals surface area contributed by atoms with Crippen LogP contribution in [0.2, 0.25) is 5.02 Å². The Bertz CT molecular complexity index is 2320. The summed E-state index contributed by atoms with van der Waals surface area (Å²) in [6.07, 6.45) is -6.21. The summed E-state index contributed by atoms with van der Waals surface area (Å²) in [5.74, 6) is -3.06. The van der Waals surface area contributed by atoms with Gasteiger partial charge in [-0.15, -0.1) is 0 Å². The fourth-order valence-electron chi connectivity index (χ4n) is 6.68. The zero-order valence-corrected chi connectivity index (χ0v) is 34.5. The normalized spacial score (nSPS) is 19.4. The number of esters is 5. The van der Waals surface area contributed by atoms with Crippen molar-refractivity contribution in [1.82, 2.24) is 0 Å². The van der Waals surface area contributed by atoms with E-state index in [0.717, 1.165) is 12.5 Å². The number of carbonyl (C=O) groups is 5. The van der Waals surface area contributed by atoms with Crippen LogP contribution in [0.5, 0.6) is 11.5 Å². The van der Waals surface area contributed by atoms with Gasteiger partial charge in [-0.05, 0) is 78.7 Å². The van der Waals surface area contributed by atoms with Crippen molar-refractivity contribution < 1.29 is 61.9 Å². The number of hydrogen-bond acceptors (Lipinski definition) is 13. The molecule has 61 heavy (non-hydrogen) atoms. The van der Waals surface area contributed by atoms with Crippen LogP contribution in [0, 0.1) is 0 Å². The van der Waals surface area contributed by atoms with Gasteiger partial charge in [0.05, 0.1) is 23.8 Å². The fourth-order valence-corrected chi connectivity index (χ4v) is 6.98. The van der Waals surface area contributed by atoms with Crippen LogP contribution in [0.25, 0.3) is 0 Å². The minimum absolute atomic E-state index is 0.112. The second kappa shape index (κ2) is 20.0. The van der Waals surface area contributed by atoms with Gasteiger partial charge < -0.3 is 37.9 Å². The van der Waals surface area contributed by atoms with Gasteiger partial charge >= 0.3 is 29.8 Å². The number of ether oxygens (including phenoxy) is 8. The van der Waals surface area contributed by atoms with E-state index in [1.807, 2.05) is 12.1 Å². The van der Waals surface area contributed by atoms with Crippen molar-refractivity contribution in [3.63, 3.8) is 0 Å². The van der Waals surface area contributed by atoms with Crippen molar-refractivity contribution in [2.45, 2.75) is 64.0 Å². The van der Waals surface area contributed by atoms with E-state index in [1.54, 1.807) is 98.1 Å². The summed E-state index contributed by atoms with van der Waals surface area (Å²) in [5, 5.41) is 0.231. The Balaban J connectivity index is 1.49. The zero-order valence-electron chi connectivity index (χ0n) is 33.7. The lowest BCUT2D eigenvalue weighted by Crippen LogP contribution is -2.70. The summed E-state index contributed by atoms with van der Waals surface area (Å²) in [6.45, 7) is 3.10. The lowest BCUT2D eigenvalue weighted by atomic mass is 9.85. The first kappa shape index (κ1) is 43.9. The molecule has 5 atom stereocenters. The first-order valence-corrected chi connectivity index (χ1v) is 19.6. The highest BCUT2D eigenvalue weighted by Crippen LogP contribution is 2.41. The molecule has 1 aliphatic heterocycles. The van der Waals surface area contributed by atoms with Crippen molar-refractivity contribution in [1.29, 1.82) is 0 Å². The molecule has 14 heteroatoms. The van der Waals surface area contributed by atoms with Crippen molar-refractivity contribution in [3.05, 3.63) is 166 Å². The van der Waals surface area contributed by atoms with E-state index < -0.39 is 66.7 Å². The maximum absolute atomic E-state index is 14.0. The Kier molecular flexibility index (Phi) is 14.4. The minimum Gasteiger partial charge on any atom is -0.497 e. The molecule has 0 saturated carbocycles. The lowest BCUT2D eigenvalue weighted by Gasteiger charge is -2.50. The van der Waals surface area contributed by atoms with Crippen LogP contribution in [0.1, 0.15) is 68.5 Å². The van der Waals surface area contributed by atoms with Crippen LogP contribution in [-0.4, -0.2) is 73.8 Å². The largest absolute Gasteiger partial charge is 0.497 e. The average molecular weight is 851 g/mol. The number of methoxy groups -OCH3 is 1. The highest BCUT2D eigenvalue weighted by molar-refractivity contribution is 6.31. The van der Waals surface area contributed by atoms with E-state index in [9.17, 15) is 24.0 Å². The molecule has 5 aromatic rings. The number of halogens is 1. The van der Waals surface area contributed by atoms with Crippen molar-refractivity contribution >= 4 is 41.4 Å². The van der Waals surface area contributed by atoms with Crippen LogP contribution in [0.4, 0.5) is 0 Å². The van der Waals surface area contributed by atoms with Crippen LogP contribution in [-0.2, 0) is 51.0 Å². The van der Waals surface area contributed by atoms with Crippen LogP contribution >= 0.6 is 11.6 Å². The molecule has 1 heterocycles. The Morgan fingerprint density at radius 2 is 1.23 bits per heavy atom. The first-order chi connectivity index (χ1) is 29.3. The van der Waals surface area contributed by atoms with Gasteiger partial charge in [-0.1, -0.05) is 78.3 Å². The molecule has 0 unspecified atom stereocenters. The topological polar surface area (TPSA) is 159 Å². The zero-order chi connectivity index (χ0) is 43.5. The van der Waals surface area contributed by atoms with E-state index in [4.69, 9.17) is 49.5 Å². The van der Waals surface area contributed by atoms with E-state index in [0.29, 0.717) is 16.9 Å². The molecule has 316 valence electrons. The van der Waals surface area contributed by atoms with E-state index in [1.165, 1.54) is 38.1 Å². The van der Waals surface area contributed by atoms with Crippen LogP contribution in [0.15, 0.2) is 127 Å². The summed E-state index contributed by atoms with van der Waals surface area (Å²) in [4.78, 5) is 66.1. The van der Waals surface area contributed by atoms with Crippen LogP contribution in [0.3, 0.4) is 0 Å². The molecule has 0 amide bonds. The van der Waals surface area contributed by atoms with Crippen molar-refractivity contribution in [2.24, 2.45) is 0 Å². The molecule has 0 aliphatic carbocycles. The molecule has 0 spiro atoms. The Morgan fingerprint density at radius 3 is 1.77 bits per heavy atom. The highest BCUT2D eigenvalue weighted by Gasteiger charge is 2.61. The summed E-state index contributed by atoms with van der Waals surface area (Å²) >= 11 is 6.96. The van der Waals surface area contributed by atoms with Gasteiger partial charge in [0.15, 0.2) is 11.7 Å². The fraction of sp³-hybridized carbons (Fsp3) is 0.255. The van der Waals surface area contributed by atoms with Gasteiger partial charge in [0.1, 0.15) is 30.8 Å². The van der Waals surface area contributed by atoms with Gasteiger partial charge in [0.25, 0.3) is 0 Å². The molecule has 0 bridgehead atoms. The Hall–Kier alpha value is -6.70. The van der Waals surface area contributed by atoms with Crippen molar-refractivity contribution in [3.8, 4) is 11.5 Å². The predicted octanol–water partition coefficient (Wildman–Crippen LogP) is 7.74. The monoisotopic (exact) mass is 850 g/mol. The summed E-state index contributed by atoms with van der Waals surface area (Å²) in [7, 11) is 1.55. The molecule has 0 aromatic heterocycles. The molecule has 1 fully saturated rings. The Morgan fingerprint density at radius 1 is 0.672 bits per heavy atom. The third-order valence-electron chi connectivity index (χ3n) is 9.74. The predicted molar refractivity (Wildman–Crippen MR) is 220 cm³/mol. The maximum atomic E-state index is 14.0. The quantitative estimate of drug-likeness (QED) is 0.0745. The van der Waals surface area contributed by atoms with Gasteiger partial charge in [-0.2, -0.15) is 0 Å². The molecular weight excluding hydrogens is 808 g/mol. The molecule has 0 N–H and O–H groups in total. The third-order valence-corrected chi connectivity index (χ3v) is 10.1. The third kappa shape index (κ3) is 11.1. The number of carbonyl (C=O) groups excluding carboxylic acids is 5. The highest BCUT2D eigenvalue weighted by atomic mass is 35.5. The molecule has 6 rings (SSSR count). The molecule has 1 saturated heterocycles. The van der Waals surface area contributed by atoms with Gasteiger partial charge in [0, 0.05) is 30.9 Å². The van der Waals surface area contributed by atoms with Gasteiger partial charge in [-0.25, -0.2) is 14.4 Å². The Labute approximate surface area is 357 Å². The summed E-state index contributed by atoms with van der Waals surface area (Å²) < 4.78 is 48.0. The van der Waals surface area contributed by atoms with E-state index in [-0.39, 0.29) is 40.5 Å². The smallest absolute Gasteiger partial charge is 0.338 e. The lowest BCUT2D eigenvalue weighted by molar-refractivity contribution is -0.309. The van der Waals surface area contributed by atoms with Gasteiger partial charge in [-0.3, -0.25) is 9.59 Å². The maximum Gasteiger partial charge on any atom is 0.338 e. The van der Waals surface area contributed by atoms with E-state index in [2.05, 4.69) is 0 Å². The summed E-state index contributed by atoms with van der Waals surface area (Å²) in [6, 6.07) is 34.7. The molecule has 1 aliphatic rings. The standard InChI is InChI=1S/C47H43ClO13/c1-29(49)55-27-32-25-38(48)37(24-31-20-22-36(54-4)23-21-31)39(26-32)57-46-41(59-44(52)34-16-10-6-11-17-34)42(60-45(53)35-18-12-7-13-19-35)47(3,61-30(2)50)40(58-46)28-56-43(51)33-14-8-5-9-15-33/h5-23,25-26,40-42,46H,24,27-28H2,1-4H3/t40-,41-,42-,46+,47-/m1/s1. The SMILES string of the molecule is COc1ccc(Cc2c(Cl)cc(COC(C)=O)cc2O[C@H]2O[C@H](COC(=O)c3ccccc3)[C@@](C)(OC(C)=O)[C@H](OC(=O)c3ccccc3)[C@H]2OC(=O)c2ccccc2)cc1. The minimum atomic E-state index is -1.99. The molecule has 5 aromatic carbocycles.